The second-order valence-electron chi connectivity index (χ2n) is 3.81. The van der Waals surface area contributed by atoms with Crippen LogP contribution in [0.1, 0.15) is 20.3 Å². The summed E-state index contributed by atoms with van der Waals surface area (Å²) in [6.07, 6.45) is 1.05. The summed E-state index contributed by atoms with van der Waals surface area (Å²) >= 11 is 0. The molecule has 0 saturated carbocycles. The Morgan fingerprint density at radius 1 is 1.58 bits per heavy atom. The monoisotopic (exact) mass is 173 g/mol. The minimum atomic E-state index is 0.0723. The van der Waals surface area contributed by atoms with E-state index in [-0.39, 0.29) is 5.54 Å². The third-order valence-electron chi connectivity index (χ3n) is 2.12. The molecule has 1 aliphatic heterocycles. The molecule has 0 radical (unpaired) electrons. The van der Waals surface area contributed by atoms with Crippen LogP contribution in [0.25, 0.3) is 0 Å². The Morgan fingerprint density at radius 3 is 2.75 bits per heavy atom. The maximum atomic E-state index is 5.37. The summed E-state index contributed by atoms with van der Waals surface area (Å²) < 4.78 is 10.6. The highest BCUT2D eigenvalue weighted by Crippen LogP contribution is 2.19. The quantitative estimate of drug-likeness (QED) is 0.682. The molecule has 0 bridgehead atoms. The highest BCUT2D eigenvalue weighted by Gasteiger charge is 2.34. The number of ether oxygens (including phenoxy) is 2. The molecular weight excluding hydrogens is 154 g/mol. The Bertz CT molecular complexity index is 130. The van der Waals surface area contributed by atoms with Crippen LogP contribution in [-0.4, -0.2) is 38.5 Å². The van der Waals surface area contributed by atoms with Crippen molar-refractivity contribution in [2.75, 3.05) is 26.9 Å². The van der Waals surface area contributed by atoms with Gasteiger partial charge in [-0.2, -0.15) is 0 Å². The standard InChI is InChI=1S/C9H19NO2/c1-8(2)10-9(6-11-3)4-5-12-7-9/h8,10H,4-7H2,1-3H3/t9-/m0/s1. The van der Waals surface area contributed by atoms with Crippen LogP contribution in [-0.2, 0) is 9.47 Å². The zero-order valence-electron chi connectivity index (χ0n) is 8.22. The number of hydrogen-bond donors (Lipinski definition) is 1. The highest BCUT2D eigenvalue weighted by atomic mass is 16.5. The number of methoxy groups -OCH3 is 1. The molecule has 0 aromatic rings. The summed E-state index contributed by atoms with van der Waals surface area (Å²) in [6.45, 7) is 6.67. The molecule has 72 valence electrons. The van der Waals surface area contributed by atoms with Gasteiger partial charge < -0.3 is 14.8 Å². The summed E-state index contributed by atoms with van der Waals surface area (Å²) in [6, 6.07) is 0.488. The van der Waals surface area contributed by atoms with Gasteiger partial charge in [0.05, 0.1) is 18.8 Å². The average Bonchev–Trinajstić information content (AvgIpc) is 2.36. The van der Waals surface area contributed by atoms with Crippen molar-refractivity contribution < 1.29 is 9.47 Å². The molecule has 3 nitrogen and oxygen atoms in total. The maximum absolute atomic E-state index is 5.37. The van der Waals surface area contributed by atoms with E-state index in [0.717, 1.165) is 26.2 Å². The van der Waals surface area contributed by atoms with E-state index in [1.807, 2.05) is 0 Å². The fourth-order valence-electron chi connectivity index (χ4n) is 1.77. The van der Waals surface area contributed by atoms with Crippen molar-refractivity contribution in [2.24, 2.45) is 0 Å². The minimum Gasteiger partial charge on any atom is -0.383 e. The van der Waals surface area contributed by atoms with Crippen molar-refractivity contribution in [3.63, 3.8) is 0 Å². The molecule has 1 saturated heterocycles. The van der Waals surface area contributed by atoms with Gasteiger partial charge in [0.1, 0.15) is 0 Å². The maximum Gasteiger partial charge on any atom is 0.0677 e. The van der Waals surface area contributed by atoms with Crippen LogP contribution in [0.5, 0.6) is 0 Å². The topological polar surface area (TPSA) is 30.5 Å². The van der Waals surface area contributed by atoms with Crippen LogP contribution in [0.4, 0.5) is 0 Å². The molecule has 1 atom stereocenters. The Labute approximate surface area is 74.4 Å². The predicted molar refractivity (Wildman–Crippen MR) is 48.3 cm³/mol. The van der Waals surface area contributed by atoms with Crippen molar-refractivity contribution in [1.82, 2.24) is 5.32 Å². The lowest BCUT2D eigenvalue weighted by Gasteiger charge is -2.30. The van der Waals surface area contributed by atoms with Crippen LogP contribution in [0.15, 0.2) is 0 Å². The lowest BCUT2D eigenvalue weighted by molar-refractivity contribution is 0.0850. The van der Waals surface area contributed by atoms with E-state index in [2.05, 4.69) is 19.2 Å². The van der Waals surface area contributed by atoms with Crippen LogP contribution < -0.4 is 5.32 Å². The van der Waals surface area contributed by atoms with Crippen LogP contribution in [0, 0.1) is 0 Å². The summed E-state index contributed by atoms with van der Waals surface area (Å²) in [4.78, 5) is 0. The Morgan fingerprint density at radius 2 is 2.33 bits per heavy atom. The van der Waals surface area contributed by atoms with Crippen molar-refractivity contribution >= 4 is 0 Å². The molecule has 1 N–H and O–H groups in total. The first kappa shape index (κ1) is 9.96. The molecule has 1 aliphatic rings. The molecule has 3 heteroatoms. The zero-order chi connectivity index (χ0) is 9.03. The van der Waals surface area contributed by atoms with Gasteiger partial charge in [0.25, 0.3) is 0 Å². The SMILES string of the molecule is COC[C@@]1(NC(C)C)CCOC1. The Kier molecular flexibility index (Phi) is 3.50. The van der Waals surface area contributed by atoms with Crippen molar-refractivity contribution in [1.29, 1.82) is 0 Å². The fraction of sp³-hybridized carbons (Fsp3) is 1.00. The molecule has 0 aromatic carbocycles. The van der Waals surface area contributed by atoms with E-state index in [1.165, 1.54) is 0 Å². The van der Waals surface area contributed by atoms with Gasteiger partial charge in [0.2, 0.25) is 0 Å². The first-order valence-electron chi connectivity index (χ1n) is 4.53. The second kappa shape index (κ2) is 4.21. The van der Waals surface area contributed by atoms with Crippen molar-refractivity contribution in [3.8, 4) is 0 Å². The molecule has 0 unspecified atom stereocenters. The highest BCUT2D eigenvalue weighted by molar-refractivity contribution is 4.92. The largest absolute Gasteiger partial charge is 0.383 e. The fourth-order valence-corrected chi connectivity index (χ4v) is 1.77. The Balaban J connectivity index is 2.46. The number of hydrogen-bond acceptors (Lipinski definition) is 3. The molecule has 0 spiro atoms. The average molecular weight is 173 g/mol. The lowest BCUT2D eigenvalue weighted by Crippen LogP contribution is -2.52. The molecule has 0 amide bonds. The molecule has 0 aliphatic carbocycles. The van der Waals surface area contributed by atoms with Gasteiger partial charge in [-0.25, -0.2) is 0 Å². The minimum absolute atomic E-state index is 0.0723. The van der Waals surface area contributed by atoms with E-state index in [1.54, 1.807) is 7.11 Å². The van der Waals surface area contributed by atoms with Crippen LogP contribution >= 0.6 is 0 Å². The van der Waals surface area contributed by atoms with Gasteiger partial charge in [0.15, 0.2) is 0 Å². The van der Waals surface area contributed by atoms with Gasteiger partial charge in [-0.3, -0.25) is 0 Å². The summed E-state index contributed by atoms with van der Waals surface area (Å²) in [7, 11) is 1.74. The van der Waals surface area contributed by atoms with Gasteiger partial charge >= 0.3 is 0 Å². The number of nitrogens with one attached hydrogen (secondary N) is 1. The predicted octanol–water partition coefficient (Wildman–Crippen LogP) is 0.790. The van der Waals surface area contributed by atoms with Crippen molar-refractivity contribution in [3.05, 3.63) is 0 Å². The van der Waals surface area contributed by atoms with Crippen LogP contribution in [0.2, 0.25) is 0 Å². The van der Waals surface area contributed by atoms with Gasteiger partial charge in [-0.05, 0) is 6.42 Å². The summed E-state index contributed by atoms with van der Waals surface area (Å²) in [5.74, 6) is 0. The first-order chi connectivity index (χ1) is 5.68. The molecular formula is C9H19NO2. The van der Waals surface area contributed by atoms with E-state index in [0.29, 0.717) is 6.04 Å². The van der Waals surface area contributed by atoms with Gasteiger partial charge in [0, 0.05) is 19.8 Å². The van der Waals surface area contributed by atoms with E-state index in [4.69, 9.17) is 9.47 Å². The van der Waals surface area contributed by atoms with Gasteiger partial charge in [-0.1, -0.05) is 13.8 Å². The van der Waals surface area contributed by atoms with E-state index < -0.39 is 0 Å². The third kappa shape index (κ3) is 2.44. The third-order valence-corrected chi connectivity index (χ3v) is 2.12. The van der Waals surface area contributed by atoms with E-state index >= 15 is 0 Å². The Hall–Kier alpha value is -0.120. The second-order valence-corrected chi connectivity index (χ2v) is 3.81. The molecule has 1 fully saturated rings. The van der Waals surface area contributed by atoms with Gasteiger partial charge in [-0.15, -0.1) is 0 Å². The molecule has 12 heavy (non-hydrogen) atoms. The summed E-state index contributed by atoms with van der Waals surface area (Å²) in [5, 5.41) is 3.51. The summed E-state index contributed by atoms with van der Waals surface area (Å²) in [5.41, 5.74) is 0.0723. The van der Waals surface area contributed by atoms with Crippen LogP contribution in [0.3, 0.4) is 0 Å². The molecule has 1 heterocycles. The van der Waals surface area contributed by atoms with Crippen molar-refractivity contribution in [2.45, 2.75) is 31.8 Å². The number of rotatable bonds is 4. The van der Waals surface area contributed by atoms with E-state index in [9.17, 15) is 0 Å². The first-order valence-corrected chi connectivity index (χ1v) is 4.53. The zero-order valence-corrected chi connectivity index (χ0v) is 8.22. The lowest BCUT2D eigenvalue weighted by atomic mass is 9.99. The normalized spacial score (nSPS) is 30.0. The molecule has 1 rings (SSSR count). The smallest absolute Gasteiger partial charge is 0.0677 e. The molecule has 0 aromatic heterocycles.